The Balaban J connectivity index is 1.45. The molecule has 2 aliphatic rings. The van der Waals surface area contributed by atoms with E-state index >= 15 is 0 Å². The van der Waals surface area contributed by atoms with E-state index in [0.29, 0.717) is 0 Å². The summed E-state index contributed by atoms with van der Waals surface area (Å²) >= 11 is 0. The van der Waals surface area contributed by atoms with Gasteiger partial charge in [-0.25, -0.2) is 0 Å². The van der Waals surface area contributed by atoms with Crippen molar-refractivity contribution in [2.24, 2.45) is 0 Å². The highest BCUT2D eigenvalue weighted by Gasteiger charge is 2.44. The number of fused-ring (bicyclic) bond motifs is 8. The van der Waals surface area contributed by atoms with Crippen LogP contribution in [0.4, 0.5) is 0 Å². The van der Waals surface area contributed by atoms with Crippen molar-refractivity contribution >= 4 is 16.8 Å². The molecule has 2 nitrogen and oxygen atoms in total. The molecule has 0 radical (unpaired) electrons. The molecule has 0 spiro atoms. The minimum Gasteiger partial charge on any atom is -0.494 e. The molecule has 1 aliphatic carbocycles. The molecule has 7 rings (SSSR count). The summed E-state index contributed by atoms with van der Waals surface area (Å²) in [7, 11) is 0. The molecule has 204 valence electrons. The fourth-order valence-corrected chi connectivity index (χ4v) is 6.81. The Labute approximate surface area is 243 Å². The SMILES string of the molecule is CCCCOc1ccc(C2(c3ccc(C)cc3)C=Cc3c4c(c5ccccc5c3O2)-c2ccccc2C4(C)C)cc1. The van der Waals surface area contributed by atoms with E-state index in [1.165, 1.54) is 38.8 Å². The fraction of sp³-hybridized carbons (Fsp3) is 0.231. The average Bonchev–Trinajstić information content (AvgIpc) is 3.25. The van der Waals surface area contributed by atoms with Gasteiger partial charge in [0.05, 0.1) is 6.61 Å². The maximum absolute atomic E-state index is 7.37. The quantitative estimate of drug-likeness (QED) is 0.201. The number of benzene rings is 5. The van der Waals surface area contributed by atoms with Crippen LogP contribution >= 0.6 is 0 Å². The third-order valence-electron chi connectivity index (χ3n) is 8.98. The van der Waals surface area contributed by atoms with Crippen molar-refractivity contribution in [3.63, 3.8) is 0 Å². The second kappa shape index (κ2) is 9.66. The van der Waals surface area contributed by atoms with E-state index in [4.69, 9.17) is 9.47 Å². The summed E-state index contributed by atoms with van der Waals surface area (Å²) in [6, 6.07) is 34.8. The molecule has 0 fully saturated rings. The summed E-state index contributed by atoms with van der Waals surface area (Å²) in [6.07, 6.45) is 6.76. The first-order valence-corrected chi connectivity index (χ1v) is 14.8. The van der Waals surface area contributed by atoms with Gasteiger partial charge in [-0.05, 0) is 59.2 Å². The number of ether oxygens (including phenoxy) is 2. The molecule has 1 heterocycles. The molecule has 1 atom stereocenters. The molecule has 0 N–H and O–H groups in total. The van der Waals surface area contributed by atoms with Crippen LogP contribution in [-0.4, -0.2) is 6.61 Å². The van der Waals surface area contributed by atoms with Gasteiger partial charge < -0.3 is 9.47 Å². The Morgan fingerprint density at radius 3 is 2.15 bits per heavy atom. The van der Waals surface area contributed by atoms with Crippen LogP contribution in [0.1, 0.15) is 67.0 Å². The number of aryl methyl sites for hydroxylation is 1. The smallest absolute Gasteiger partial charge is 0.178 e. The van der Waals surface area contributed by atoms with Crippen molar-refractivity contribution in [2.45, 2.75) is 51.6 Å². The topological polar surface area (TPSA) is 18.5 Å². The van der Waals surface area contributed by atoms with Crippen molar-refractivity contribution in [2.75, 3.05) is 6.61 Å². The third-order valence-corrected chi connectivity index (χ3v) is 8.98. The molecule has 0 bridgehead atoms. The molecule has 0 saturated carbocycles. The highest BCUT2D eigenvalue weighted by Crippen LogP contribution is 2.58. The zero-order chi connectivity index (χ0) is 28.2. The Morgan fingerprint density at radius 2 is 1.41 bits per heavy atom. The lowest BCUT2D eigenvalue weighted by atomic mass is 9.77. The minimum atomic E-state index is -0.769. The summed E-state index contributed by atoms with van der Waals surface area (Å²) < 4.78 is 13.4. The van der Waals surface area contributed by atoms with E-state index in [1.807, 2.05) is 0 Å². The summed E-state index contributed by atoms with van der Waals surface area (Å²) in [5.74, 6) is 1.84. The van der Waals surface area contributed by atoms with Gasteiger partial charge in [0, 0.05) is 27.5 Å². The van der Waals surface area contributed by atoms with E-state index in [-0.39, 0.29) is 5.41 Å². The fourth-order valence-electron chi connectivity index (χ4n) is 6.81. The van der Waals surface area contributed by atoms with Gasteiger partial charge in [0.1, 0.15) is 11.5 Å². The van der Waals surface area contributed by atoms with E-state index in [0.717, 1.165) is 47.5 Å². The second-order valence-corrected chi connectivity index (χ2v) is 12.0. The van der Waals surface area contributed by atoms with Gasteiger partial charge in [0.2, 0.25) is 0 Å². The Morgan fingerprint density at radius 1 is 0.756 bits per heavy atom. The van der Waals surface area contributed by atoms with Gasteiger partial charge in [0.15, 0.2) is 5.60 Å². The average molecular weight is 537 g/mol. The largest absolute Gasteiger partial charge is 0.494 e. The zero-order valence-electron chi connectivity index (χ0n) is 24.3. The molecule has 1 aliphatic heterocycles. The van der Waals surface area contributed by atoms with Crippen LogP contribution in [0.5, 0.6) is 11.5 Å². The summed E-state index contributed by atoms with van der Waals surface area (Å²) in [4.78, 5) is 0. The standard InChI is InChI=1S/C39H36O2/c1-5-6-25-40-29-21-19-28(20-22-29)39(27-17-15-26(2)16-18-27)24-23-33-36-35(30-11-7-8-12-31(30)37(33)41-39)32-13-9-10-14-34(32)38(36,3)4/h7-24H,5-6,25H2,1-4H3. The lowest BCUT2D eigenvalue weighted by molar-refractivity contribution is 0.163. The first kappa shape index (κ1) is 25.7. The van der Waals surface area contributed by atoms with Crippen LogP contribution in [-0.2, 0) is 11.0 Å². The van der Waals surface area contributed by atoms with E-state index in [1.54, 1.807) is 0 Å². The second-order valence-electron chi connectivity index (χ2n) is 12.0. The van der Waals surface area contributed by atoms with Crippen LogP contribution in [0.15, 0.2) is 103 Å². The first-order chi connectivity index (χ1) is 19.9. The molecule has 2 heteroatoms. The zero-order valence-corrected chi connectivity index (χ0v) is 24.3. The molecule has 5 aromatic rings. The number of hydrogen-bond donors (Lipinski definition) is 0. The predicted molar refractivity (Wildman–Crippen MR) is 170 cm³/mol. The third kappa shape index (κ3) is 3.92. The van der Waals surface area contributed by atoms with Crippen molar-refractivity contribution in [1.29, 1.82) is 0 Å². The molecule has 41 heavy (non-hydrogen) atoms. The molecule has 0 amide bonds. The van der Waals surface area contributed by atoms with Crippen LogP contribution in [0.2, 0.25) is 0 Å². The van der Waals surface area contributed by atoms with Gasteiger partial charge in [-0.15, -0.1) is 0 Å². The van der Waals surface area contributed by atoms with E-state index in [9.17, 15) is 0 Å². The van der Waals surface area contributed by atoms with Crippen molar-refractivity contribution in [3.05, 3.63) is 137 Å². The predicted octanol–water partition coefficient (Wildman–Crippen LogP) is 9.98. The summed E-state index contributed by atoms with van der Waals surface area (Å²) in [5, 5.41) is 2.39. The highest BCUT2D eigenvalue weighted by atomic mass is 16.5. The molecular formula is C39H36O2. The molecular weight excluding hydrogens is 500 g/mol. The number of hydrogen-bond acceptors (Lipinski definition) is 2. The summed E-state index contributed by atoms with van der Waals surface area (Å²) in [6.45, 7) is 9.74. The van der Waals surface area contributed by atoms with Crippen LogP contribution in [0.25, 0.3) is 28.0 Å². The van der Waals surface area contributed by atoms with Gasteiger partial charge in [0.25, 0.3) is 0 Å². The van der Waals surface area contributed by atoms with Crippen LogP contribution < -0.4 is 9.47 Å². The Hall–Kier alpha value is -4.30. The maximum atomic E-state index is 7.37. The van der Waals surface area contributed by atoms with Crippen molar-refractivity contribution in [3.8, 4) is 22.6 Å². The van der Waals surface area contributed by atoms with Crippen LogP contribution in [0, 0.1) is 6.92 Å². The Kier molecular flexibility index (Phi) is 6.05. The number of rotatable bonds is 6. The van der Waals surface area contributed by atoms with Gasteiger partial charge in [-0.1, -0.05) is 124 Å². The monoisotopic (exact) mass is 536 g/mol. The van der Waals surface area contributed by atoms with E-state index in [2.05, 4.69) is 137 Å². The minimum absolute atomic E-state index is 0.144. The first-order valence-electron chi connectivity index (χ1n) is 14.8. The molecule has 1 unspecified atom stereocenters. The van der Waals surface area contributed by atoms with Crippen molar-refractivity contribution in [1.82, 2.24) is 0 Å². The van der Waals surface area contributed by atoms with Gasteiger partial charge in [-0.2, -0.15) is 0 Å². The lowest BCUT2D eigenvalue weighted by Gasteiger charge is -2.38. The van der Waals surface area contributed by atoms with E-state index < -0.39 is 5.60 Å². The van der Waals surface area contributed by atoms with Gasteiger partial charge in [-0.3, -0.25) is 0 Å². The molecule has 0 aromatic heterocycles. The van der Waals surface area contributed by atoms with Gasteiger partial charge >= 0.3 is 0 Å². The van der Waals surface area contributed by atoms with Crippen molar-refractivity contribution < 1.29 is 9.47 Å². The molecule has 5 aromatic carbocycles. The Bertz CT molecular complexity index is 1790. The normalized spacial score (nSPS) is 18.0. The number of unbranched alkanes of at least 4 members (excludes halogenated alkanes) is 1. The highest BCUT2D eigenvalue weighted by molar-refractivity contribution is 6.08. The summed E-state index contributed by atoms with van der Waals surface area (Å²) in [5.41, 5.74) is 9.07. The maximum Gasteiger partial charge on any atom is 0.178 e. The van der Waals surface area contributed by atoms with Crippen LogP contribution in [0.3, 0.4) is 0 Å². The molecule has 0 saturated heterocycles. The lowest BCUT2D eigenvalue weighted by Crippen LogP contribution is -2.35.